The van der Waals surface area contributed by atoms with E-state index in [4.69, 9.17) is 32.7 Å². The van der Waals surface area contributed by atoms with Gasteiger partial charge in [0.25, 0.3) is 0 Å². The SMILES string of the molecule is CCC[C@H]1CO[C@H](CCc2cc(Cl)c(I)c(Cl)c2)OC1. The molecule has 0 amide bonds. The van der Waals surface area contributed by atoms with Gasteiger partial charge in [-0.05, 0) is 53.1 Å². The van der Waals surface area contributed by atoms with E-state index in [1.807, 2.05) is 12.1 Å². The van der Waals surface area contributed by atoms with Gasteiger partial charge in [-0.25, -0.2) is 0 Å². The molecule has 1 aromatic carbocycles. The van der Waals surface area contributed by atoms with Gasteiger partial charge >= 0.3 is 0 Å². The average Bonchev–Trinajstić information content (AvgIpc) is 2.44. The summed E-state index contributed by atoms with van der Waals surface area (Å²) < 4.78 is 12.4. The van der Waals surface area contributed by atoms with Crippen molar-refractivity contribution in [1.82, 2.24) is 0 Å². The van der Waals surface area contributed by atoms with Gasteiger partial charge in [0.2, 0.25) is 0 Å². The van der Waals surface area contributed by atoms with Crippen LogP contribution in [-0.2, 0) is 15.9 Å². The predicted octanol–water partition coefficient (Wildman–Crippen LogP) is 5.32. The highest BCUT2D eigenvalue weighted by molar-refractivity contribution is 14.1. The summed E-state index contributed by atoms with van der Waals surface area (Å²) in [7, 11) is 0. The molecule has 0 radical (unpaired) electrons. The molecule has 1 saturated heterocycles. The lowest BCUT2D eigenvalue weighted by molar-refractivity contribution is -0.203. The van der Waals surface area contributed by atoms with E-state index in [0.717, 1.165) is 35.2 Å². The van der Waals surface area contributed by atoms with Crippen LogP contribution in [0.25, 0.3) is 0 Å². The lowest BCUT2D eigenvalue weighted by atomic mass is 10.0. The van der Waals surface area contributed by atoms with E-state index >= 15 is 0 Å². The summed E-state index contributed by atoms with van der Waals surface area (Å²) >= 11 is 14.4. The van der Waals surface area contributed by atoms with E-state index in [2.05, 4.69) is 29.5 Å². The van der Waals surface area contributed by atoms with Crippen molar-refractivity contribution in [2.75, 3.05) is 13.2 Å². The minimum Gasteiger partial charge on any atom is -0.352 e. The van der Waals surface area contributed by atoms with Gasteiger partial charge in [-0.3, -0.25) is 0 Å². The third-order valence-electron chi connectivity index (χ3n) is 3.44. The molecule has 0 spiro atoms. The summed E-state index contributed by atoms with van der Waals surface area (Å²) in [6, 6.07) is 3.94. The maximum absolute atomic E-state index is 6.14. The second kappa shape index (κ2) is 8.18. The Morgan fingerprint density at radius 2 is 1.75 bits per heavy atom. The molecule has 1 aliphatic rings. The molecule has 0 unspecified atom stereocenters. The second-order valence-corrected chi connectivity index (χ2v) is 7.06. The van der Waals surface area contributed by atoms with Gasteiger partial charge in [0, 0.05) is 12.3 Å². The Morgan fingerprint density at radius 3 is 2.30 bits per heavy atom. The molecule has 2 nitrogen and oxygen atoms in total. The monoisotopic (exact) mass is 428 g/mol. The highest BCUT2D eigenvalue weighted by Crippen LogP contribution is 2.29. The molecule has 112 valence electrons. The van der Waals surface area contributed by atoms with E-state index < -0.39 is 0 Å². The first kappa shape index (κ1) is 16.8. The van der Waals surface area contributed by atoms with E-state index in [1.165, 1.54) is 12.8 Å². The zero-order valence-electron chi connectivity index (χ0n) is 11.5. The Kier molecular flexibility index (Phi) is 6.88. The van der Waals surface area contributed by atoms with Crippen LogP contribution in [0.4, 0.5) is 0 Å². The summed E-state index contributed by atoms with van der Waals surface area (Å²) in [5, 5.41) is 1.42. The first-order valence-electron chi connectivity index (χ1n) is 6.96. The number of rotatable bonds is 5. The van der Waals surface area contributed by atoms with Crippen molar-refractivity contribution in [2.45, 2.75) is 38.9 Å². The lowest BCUT2D eigenvalue weighted by Gasteiger charge is -2.29. The van der Waals surface area contributed by atoms with E-state index in [0.29, 0.717) is 16.0 Å². The molecule has 0 atom stereocenters. The van der Waals surface area contributed by atoms with Crippen LogP contribution < -0.4 is 0 Å². The molecule has 0 saturated carbocycles. The molecule has 2 rings (SSSR count). The smallest absolute Gasteiger partial charge is 0.157 e. The third-order valence-corrected chi connectivity index (χ3v) is 5.84. The fraction of sp³-hybridized carbons (Fsp3) is 0.600. The molecule has 0 aromatic heterocycles. The van der Waals surface area contributed by atoms with Crippen LogP contribution in [0.1, 0.15) is 31.7 Å². The number of aryl methyl sites for hydroxylation is 1. The molecular weight excluding hydrogens is 410 g/mol. The number of hydrogen-bond acceptors (Lipinski definition) is 2. The van der Waals surface area contributed by atoms with Crippen LogP contribution in [0, 0.1) is 9.49 Å². The number of halogens is 3. The van der Waals surface area contributed by atoms with Crippen molar-refractivity contribution in [2.24, 2.45) is 5.92 Å². The standard InChI is InChI=1S/C15H19Cl2IO2/c1-2-3-11-8-19-14(20-9-11)5-4-10-6-12(16)15(18)13(17)7-10/h6-7,11,14H,2-5,8-9H2,1H3/t11-,14-. The Bertz CT molecular complexity index is 422. The molecule has 0 N–H and O–H groups in total. The van der Waals surface area contributed by atoms with Crippen molar-refractivity contribution in [3.8, 4) is 0 Å². The molecule has 0 aliphatic carbocycles. The van der Waals surface area contributed by atoms with Crippen LogP contribution in [0.3, 0.4) is 0 Å². The number of benzene rings is 1. The van der Waals surface area contributed by atoms with Crippen molar-refractivity contribution < 1.29 is 9.47 Å². The van der Waals surface area contributed by atoms with Gasteiger partial charge in [0.1, 0.15) is 0 Å². The predicted molar refractivity (Wildman–Crippen MR) is 91.6 cm³/mol. The molecule has 1 aromatic rings. The van der Waals surface area contributed by atoms with Crippen LogP contribution in [0.15, 0.2) is 12.1 Å². The summed E-state index contributed by atoms with van der Waals surface area (Å²) in [5.41, 5.74) is 1.13. The quantitative estimate of drug-likeness (QED) is 0.466. The summed E-state index contributed by atoms with van der Waals surface area (Å²) in [4.78, 5) is 0. The minimum absolute atomic E-state index is 0.0973. The van der Waals surface area contributed by atoms with Gasteiger partial charge in [0.05, 0.1) is 26.8 Å². The summed E-state index contributed by atoms with van der Waals surface area (Å²) in [6.45, 7) is 3.82. The maximum atomic E-state index is 6.14. The van der Waals surface area contributed by atoms with Crippen molar-refractivity contribution in [1.29, 1.82) is 0 Å². The van der Waals surface area contributed by atoms with Crippen molar-refractivity contribution >= 4 is 45.8 Å². The molecule has 1 heterocycles. The van der Waals surface area contributed by atoms with Gasteiger partial charge < -0.3 is 9.47 Å². The first-order valence-corrected chi connectivity index (χ1v) is 8.80. The molecule has 1 fully saturated rings. The Labute approximate surface area is 144 Å². The molecule has 1 aliphatic heterocycles. The van der Waals surface area contributed by atoms with Gasteiger partial charge in [-0.15, -0.1) is 0 Å². The Morgan fingerprint density at radius 1 is 1.15 bits per heavy atom. The zero-order valence-corrected chi connectivity index (χ0v) is 15.2. The minimum atomic E-state index is -0.0973. The van der Waals surface area contributed by atoms with E-state index in [9.17, 15) is 0 Å². The topological polar surface area (TPSA) is 18.5 Å². The lowest BCUT2D eigenvalue weighted by Crippen LogP contribution is -2.32. The molecule has 20 heavy (non-hydrogen) atoms. The van der Waals surface area contributed by atoms with Crippen LogP contribution in [0.5, 0.6) is 0 Å². The normalized spacial score (nSPS) is 23.0. The largest absolute Gasteiger partial charge is 0.352 e. The number of ether oxygens (including phenoxy) is 2. The fourth-order valence-corrected chi connectivity index (χ4v) is 3.21. The number of hydrogen-bond donors (Lipinski definition) is 0. The van der Waals surface area contributed by atoms with Crippen LogP contribution in [-0.4, -0.2) is 19.5 Å². The van der Waals surface area contributed by atoms with Gasteiger partial charge in [0.15, 0.2) is 6.29 Å². The van der Waals surface area contributed by atoms with Gasteiger partial charge in [-0.2, -0.15) is 0 Å². The molecular formula is C15H19Cl2IO2. The maximum Gasteiger partial charge on any atom is 0.157 e. The molecule has 0 bridgehead atoms. The van der Waals surface area contributed by atoms with Gasteiger partial charge in [-0.1, -0.05) is 36.5 Å². The average molecular weight is 429 g/mol. The summed E-state index contributed by atoms with van der Waals surface area (Å²) in [6.07, 6.45) is 3.96. The van der Waals surface area contributed by atoms with E-state index in [1.54, 1.807) is 0 Å². The Hall–Kier alpha value is 0.450. The van der Waals surface area contributed by atoms with Crippen LogP contribution in [0.2, 0.25) is 10.0 Å². The fourth-order valence-electron chi connectivity index (χ4n) is 2.36. The van der Waals surface area contributed by atoms with E-state index in [-0.39, 0.29) is 6.29 Å². The second-order valence-electron chi connectivity index (χ2n) is 5.16. The third kappa shape index (κ3) is 4.73. The Balaban J connectivity index is 1.82. The highest BCUT2D eigenvalue weighted by atomic mass is 127. The van der Waals surface area contributed by atoms with Crippen molar-refractivity contribution in [3.05, 3.63) is 31.3 Å². The highest BCUT2D eigenvalue weighted by Gasteiger charge is 2.21. The van der Waals surface area contributed by atoms with Crippen molar-refractivity contribution in [3.63, 3.8) is 0 Å². The summed E-state index contributed by atoms with van der Waals surface area (Å²) in [5.74, 6) is 0.554. The first-order chi connectivity index (χ1) is 9.60. The zero-order chi connectivity index (χ0) is 14.5. The van der Waals surface area contributed by atoms with Crippen LogP contribution >= 0.6 is 45.8 Å². The molecule has 5 heteroatoms.